The van der Waals surface area contributed by atoms with Crippen molar-refractivity contribution in [1.82, 2.24) is 15.2 Å². The first kappa shape index (κ1) is 10.7. The van der Waals surface area contributed by atoms with Crippen LogP contribution in [-0.4, -0.2) is 21.7 Å². The topological polar surface area (TPSA) is 67.6 Å². The molecule has 0 aliphatic carbocycles. The average Bonchev–Trinajstić information content (AvgIpc) is 2.80. The molecular weight excluding hydrogens is 214 g/mol. The van der Waals surface area contributed by atoms with E-state index in [1.165, 1.54) is 0 Å². The number of aromatic nitrogens is 3. The van der Waals surface area contributed by atoms with Crippen LogP contribution in [0.25, 0.3) is 11.4 Å². The molecule has 1 aromatic heterocycles. The molecule has 0 spiro atoms. The fraction of sp³-hybridized carbons (Fsp3) is 0.200. The van der Waals surface area contributed by atoms with E-state index in [0.29, 0.717) is 5.56 Å². The molecule has 2 rings (SSSR count). The van der Waals surface area contributed by atoms with Crippen molar-refractivity contribution in [3.8, 4) is 11.4 Å². The Balaban J connectivity index is 2.34. The van der Waals surface area contributed by atoms with E-state index in [1.807, 2.05) is 6.07 Å². The number of halogens is 2. The van der Waals surface area contributed by atoms with E-state index in [0.717, 1.165) is 0 Å². The summed E-state index contributed by atoms with van der Waals surface area (Å²) in [6.45, 7) is -0.795. The Labute approximate surface area is 90.5 Å². The van der Waals surface area contributed by atoms with E-state index < -0.39 is 18.3 Å². The molecule has 3 N–H and O–H groups in total. The number of nitrogens with two attached hydrogens (primary N) is 1. The van der Waals surface area contributed by atoms with Crippen molar-refractivity contribution in [2.75, 3.05) is 6.54 Å². The number of hydrogen-bond acceptors (Lipinski definition) is 3. The summed E-state index contributed by atoms with van der Waals surface area (Å²) in [4.78, 5) is 3.73. The third-order valence-corrected chi connectivity index (χ3v) is 2.12. The number of hydrogen-bond donors (Lipinski definition) is 2. The number of rotatable bonds is 3. The second-order valence-corrected chi connectivity index (χ2v) is 3.28. The molecule has 16 heavy (non-hydrogen) atoms. The molecule has 2 aromatic rings. The van der Waals surface area contributed by atoms with Crippen LogP contribution in [0.1, 0.15) is 5.82 Å². The van der Waals surface area contributed by atoms with E-state index >= 15 is 0 Å². The van der Waals surface area contributed by atoms with Gasteiger partial charge in [0.15, 0.2) is 11.6 Å². The predicted octanol–water partition coefficient (Wildman–Crippen LogP) is 1.52. The number of alkyl halides is 2. The van der Waals surface area contributed by atoms with Gasteiger partial charge < -0.3 is 5.73 Å². The highest BCUT2D eigenvalue weighted by Crippen LogP contribution is 2.24. The van der Waals surface area contributed by atoms with Crippen LogP contribution in [-0.2, 0) is 5.92 Å². The molecule has 0 fully saturated rings. The van der Waals surface area contributed by atoms with Crippen molar-refractivity contribution in [3.63, 3.8) is 0 Å². The Bertz CT molecular complexity index is 467. The first-order valence-electron chi connectivity index (χ1n) is 4.69. The standard InChI is InChI=1S/C10H10F2N4/c11-10(12,6-13)9-14-8(15-16-9)7-4-2-1-3-5-7/h1-5H,6,13H2,(H,14,15,16). The third kappa shape index (κ3) is 1.92. The van der Waals surface area contributed by atoms with Crippen LogP contribution < -0.4 is 5.73 Å². The normalized spacial score (nSPS) is 11.7. The fourth-order valence-corrected chi connectivity index (χ4v) is 1.24. The van der Waals surface area contributed by atoms with Crippen LogP contribution in [0, 0.1) is 0 Å². The largest absolute Gasteiger partial charge is 0.325 e. The Morgan fingerprint density at radius 2 is 1.94 bits per heavy atom. The first-order valence-corrected chi connectivity index (χ1v) is 4.69. The minimum absolute atomic E-state index is 0.240. The summed E-state index contributed by atoms with van der Waals surface area (Å²) in [6.07, 6.45) is 0. The van der Waals surface area contributed by atoms with Gasteiger partial charge in [-0.15, -0.1) is 0 Å². The molecule has 0 aliphatic rings. The summed E-state index contributed by atoms with van der Waals surface area (Å²) in [6, 6.07) is 8.88. The van der Waals surface area contributed by atoms with Crippen molar-refractivity contribution < 1.29 is 8.78 Å². The van der Waals surface area contributed by atoms with E-state index in [9.17, 15) is 8.78 Å². The van der Waals surface area contributed by atoms with Gasteiger partial charge >= 0.3 is 5.92 Å². The Morgan fingerprint density at radius 3 is 2.56 bits per heavy atom. The van der Waals surface area contributed by atoms with E-state index in [-0.39, 0.29) is 5.82 Å². The zero-order chi connectivity index (χ0) is 11.6. The molecule has 0 saturated heterocycles. The lowest BCUT2D eigenvalue weighted by molar-refractivity contribution is -0.00310. The average molecular weight is 224 g/mol. The van der Waals surface area contributed by atoms with Crippen molar-refractivity contribution in [2.45, 2.75) is 5.92 Å². The SMILES string of the molecule is NCC(F)(F)c1nc(-c2ccccc2)n[nH]1. The van der Waals surface area contributed by atoms with Crippen LogP contribution in [0.2, 0.25) is 0 Å². The predicted molar refractivity (Wildman–Crippen MR) is 54.8 cm³/mol. The first-order chi connectivity index (χ1) is 7.63. The van der Waals surface area contributed by atoms with Gasteiger partial charge in [-0.1, -0.05) is 30.3 Å². The van der Waals surface area contributed by atoms with E-state index in [2.05, 4.69) is 15.2 Å². The Morgan fingerprint density at radius 1 is 1.25 bits per heavy atom. The quantitative estimate of drug-likeness (QED) is 0.830. The minimum atomic E-state index is -3.17. The monoisotopic (exact) mass is 224 g/mol. The summed E-state index contributed by atoms with van der Waals surface area (Å²) in [5.74, 6) is -3.43. The highest BCUT2D eigenvalue weighted by atomic mass is 19.3. The van der Waals surface area contributed by atoms with Crippen LogP contribution in [0.15, 0.2) is 30.3 Å². The molecule has 0 amide bonds. The van der Waals surface area contributed by atoms with Crippen LogP contribution in [0.4, 0.5) is 8.78 Å². The maximum absolute atomic E-state index is 13.2. The highest BCUT2D eigenvalue weighted by molar-refractivity contribution is 5.53. The summed E-state index contributed by atoms with van der Waals surface area (Å²) in [7, 11) is 0. The van der Waals surface area contributed by atoms with Crippen molar-refractivity contribution >= 4 is 0 Å². The molecule has 6 heteroatoms. The molecular formula is C10H10F2N4. The number of H-pyrrole nitrogens is 1. The maximum atomic E-state index is 13.2. The minimum Gasteiger partial charge on any atom is -0.325 e. The Kier molecular flexibility index (Phi) is 2.66. The number of aromatic amines is 1. The summed E-state index contributed by atoms with van der Waals surface area (Å²) >= 11 is 0. The molecule has 1 heterocycles. The molecule has 0 radical (unpaired) electrons. The molecule has 0 saturated carbocycles. The smallest absolute Gasteiger partial charge is 0.318 e. The van der Waals surface area contributed by atoms with Gasteiger partial charge in [-0.2, -0.15) is 13.9 Å². The van der Waals surface area contributed by atoms with Gasteiger partial charge in [-0.05, 0) is 0 Å². The van der Waals surface area contributed by atoms with Gasteiger partial charge in [0.25, 0.3) is 0 Å². The zero-order valence-corrected chi connectivity index (χ0v) is 8.32. The fourth-order valence-electron chi connectivity index (χ4n) is 1.24. The van der Waals surface area contributed by atoms with Crippen molar-refractivity contribution in [2.24, 2.45) is 5.73 Å². The molecule has 1 aromatic carbocycles. The third-order valence-electron chi connectivity index (χ3n) is 2.12. The maximum Gasteiger partial charge on any atom is 0.318 e. The number of nitrogens with one attached hydrogen (secondary N) is 1. The molecule has 0 unspecified atom stereocenters. The van der Waals surface area contributed by atoms with Crippen LogP contribution >= 0.6 is 0 Å². The molecule has 84 valence electrons. The van der Waals surface area contributed by atoms with E-state index in [1.54, 1.807) is 24.3 Å². The lowest BCUT2D eigenvalue weighted by atomic mass is 10.2. The number of benzene rings is 1. The second-order valence-electron chi connectivity index (χ2n) is 3.28. The molecule has 4 nitrogen and oxygen atoms in total. The lowest BCUT2D eigenvalue weighted by Crippen LogP contribution is -2.26. The summed E-state index contributed by atoms with van der Waals surface area (Å²) in [5, 5.41) is 5.93. The second kappa shape index (κ2) is 3.97. The molecule has 0 bridgehead atoms. The van der Waals surface area contributed by atoms with Gasteiger partial charge in [-0.3, -0.25) is 5.10 Å². The Hall–Kier alpha value is -1.82. The van der Waals surface area contributed by atoms with Crippen molar-refractivity contribution in [3.05, 3.63) is 36.2 Å². The number of nitrogens with zero attached hydrogens (tertiary/aromatic N) is 2. The van der Waals surface area contributed by atoms with Gasteiger partial charge in [0.2, 0.25) is 0 Å². The molecule has 0 atom stereocenters. The van der Waals surface area contributed by atoms with Gasteiger partial charge in [0.05, 0.1) is 6.54 Å². The van der Waals surface area contributed by atoms with Crippen LogP contribution in [0.3, 0.4) is 0 Å². The van der Waals surface area contributed by atoms with E-state index in [4.69, 9.17) is 5.73 Å². The zero-order valence-electron chi connectivity index (χ0n) is 8.32. The van der Waals surface area contributed by atoms with Gasteiger partial charge in [0, 0.05) is 5.56 Å². The highest BCUT2D eigenvalue weighted by Gasteiger charge is 2.33. The van der Waals surface area contributed by atoms with Gasteiger partial charge in [0.1, 0.15) is 0 Å². The molecule has 0 aliphatic heterocycles. The van der Waals surface area contributed by atoms with Gasteiger partial charge in [-0.25, -0.2) is 4.98 Å². The van der Waals surface area contributed by atoms with Crippen molar-refractivity contribution in [1.29, 1.82) is 0 Å². The lowest BCUT2D eigenvalue weighted by Gasteiger charge is -2.08. The summed E-state index contributed by atoms with van der Waals surface area (Å²) in [5.41, 5.74) is 5.63. The summed E-state index contributed by atoms with van der Waals surface area (Å²) < 4.78 is 26.3. The van der Waals surface area contributed by atoms with Crippen LogP contribution in [0.5, 0.6) is 0 Å².